The van der Waals surface area contributed by atoms with Crippen LogP contribution in [0.2, 0.25) is 5.02 Å². The molecule has 0 aromatic heterocycles. The minimum Gasteiger partial charge on any atom is -0.392 e. The Kier molecular flexibility index (Phi) is 4.89. The summed E-state index contributed by atoms with van der Waals surface area (Å²) in [5.74, 6) is -2.90. The van der Waals surface area contributed by atoms with Crippen LogP contribution in [-0.4, -0.2) is 46.4 Å². The number of imide groups is 1. The van der Waals surface area contributed by atoms with Crippen molar-refractivity contribution in [2.45, 2.75) is 38.0 Å². The molecule has 3 heterocycles. The van der Waals surface area contributed by atoms with Gasteiger partial charge in [-0.3, -0.25) is 24.6 Å². The highest BCUT2D eigenvalue weighted by Gasteiger charge is 2.71. The number of nitrogens with one attached hydrogen (secondary N) is 2. The summed E-state index contributed by atoms with van der Waals surface area (Å²) in [5.41, 5.74) is 1.44. The van der Waals surface area contributed by atoms with Crippen LogP contribution in [0.1, 0.15) is 23.6 Å². The van der Waals surface area contributed by atoms with Crippen molar-refractivity contribution in [1.29, 1.82) is 0 Å². The molecule has 1 spiro atoms. The molecule has 5 rings (SSSR count). The Balaban J connectivity index is 1.57. The molecule has 0 radical (unpaired) electrons. The maximum absolute atomic E-state index is 13.6. The molecule has 3 amide bonds. The van der Waals surface area contributed by atoms with Crippen LogP contribution in [0.25, 0.3) is 0 Å². The quantitative estimate of drug-likeness (QED) is 0.615. The van der Waals surface area contributed by atoms with Gasteiger partial charge in [-0.1, -0.05) is 48.0 Å². The first-order valence-corrected chi connectivity index (χ1v) is 11.1. The lowest BCUT2D eigenvalue weighted by molar-refractivity contribution is -0.143. The van der Waals surface area contributed by atoms with Crippen LogP contribution in [0.5, 0.6) is 0 Å². The number of halogens is 1. The number of benzene rings is 2. The van der Waals surface area contributed by atoms with Gasteiger partial charge in [-0.25, -0.2) is 0 Å². The Hall–Kier alpha value is -2.74. The molecule has 166 valence electrons. The van der Waals surface area contributed by atoms with E-state index in [1.54, 1.807) is 26.0 Å². The van der Waals surface area contributed by atoms with Crippen molar-refractivity contribution >= 4 is 35.0 Å². The van der Waals surface area contributed by atoms with Gasteiger partial charge in [0, 0.05) is 23.2 Å². The number of hydrogen-bond acceptors (Lipinski definition) is 5. The van der Waals surface area contributed by atoms with E-state index in [2.05, 4.69) is 10.6 Å². The fraction of sp³-hybridized carbons (Fsp3) is 0.375. The Bertz CT molecular complexity index is 1140. The predicted octanol–water partition coefficient (Wildman–Crippen LogP) is 1.99. The minimum absolute atomic E-state index is 0.228. The highest BCUT2D eigenvalue weighted by molar-refractivity contribution is 6.32. The van der Waals surface area contributed by atoms with Crippen molar-refractivity contribution in [3.63, 3.8) is 0 Å². The molecule has 32 heavy (non-hydrogen) atoms. The molecule has 2 fully saturated rings. The highest BCUT2D eigenvalue weighted by Crippen LogP contribution is 2.54. The molecule has 2 saturated heterocycles. The third kappa shape index (κ3) is 2.78. The predicted molar refractivity (Wildman–Crippen MR) is 119 cm³/mol. The van der Waals surface area contributed by atoms with E-state index >= 15 is 0 Å². The van der Waals surface area contributed by atoms with E-state index in [0.29, 0.717) is 28.3 Å². The molecular weight excluding hydrogens is 430 g/mol. The van der Waals surface area contributed by atoms with E-state index < -0.39 is 35.4 Å². The number of nitrogens with zero attached hydrogens (tertiary/aromatic N) is 1. The van der Waals surface area contributed by atoms with Crippen molar-refractivity contribution < 1.29 is 19.5 Å². The fourth-order valence-electron chi connectivity index (χ4n) is 5.50. The van der Waals surface area contributed by atoms with Crippen LogP contribution in [0, 0.1) is 18.8 Å². The highest BCUT2D eigenvalue weighted by atomic mass is 35.5. The lowest BCUT2D eigenvalue weighted by Crippen LogP contribution is -2.55. The van der Waals surface area contributed by atoms with Crippen molar-refractivity contribution in [3.05, 3.63) is 64.2 Å². The Morgan fingerprint density at radius 1 is 1.12 bits per heavy atom. The van der Waals surface area contributed by atoms with E-state index in [-0.39, 0.29) is 18.4 Å². The van der Waals surface area contributed by atoms with Gasteiger partial charge in [-0.2, -0.15) is 0 Å². The lowest BCUT2D eigenvalue weighted by atomic mass is 9.76. The molecule has 2 aromatic rings. The average molecular weight is 454 g/mol. The number of carbonyl (C=O) groups is 3. The third-order valence-corrected chi connectivity index (χ3v) is 7.51. The number of rotatable bonds is 4. The number of amides is 3. The van der Waals surface area contributed by atoms with E-state index in [1.165, 1.54) is 4.90 Å². The van der Waals surface area contributed by atoms with Gasteiger partial charge in [0.2, 0.25) is 17.7 Å². The molecule has 3 aliphatic heterocycles. The van der Waals surface area contributed by atoms with Crippen molar-refractivity contribution in [3.8, 4) is 0 Å². The summed E-state index contributed by atoms with van der Waals surface area (Å²) < 4.78 is 0. The monoisotopic (exact) mass is 453 g/mol. The first kappa shape index (κ1) is 21.1. The number of anilines is 1. The summed E-state index contributed by atoms with van der Waals surface area (Å²) >= 11 is 6.26. The average Bonchev–Trinajstić information content (AvgIpc) is 3.36. The zero-order valence-electron chi connectivity index (χ0n) is 17.8. The molecule has 2 aromatic carbocycles. The summed E-state index contributed by atoms with van der Waals surface area (Å²) in [4.78, 5) is 41.7. The minimum atomic E-state index is -1.43. The molecular formula is C24H24ClN3O4. The van der Waals surface area contributed by atoms with Gasteiger partial charge in [0.1, 0.15) is 5.54 Å². The smallest absolute Gasteiger partial charge is 0.250 e. The zero-order valence-corrected chi connectivity index (χ0v) is 18.5. The molecule has 0 aliphatic carbocycles. The standard InChI is InChI=1S/C24H24ClN3O4/c1-12-16(25)9-8-15-19(12)26-23(32)24(15)18-17(20(27-24)13(2)29)21(30)28(22(18)31)11-10-14-6-4-3-5-7-14/h3-9,13,17-18,20,27,29H,10-11H2,1-2H3,(H,26,32). The Morgan fingerprint density at radius 3 is 2.53 bits per heavy atom. The van der Waals surface area contributed by atoms with Gasteiger partial charge in [-0.05, 0) is 37.5 Å². The van der Waals surface area contributed by atoms with Gasteiger partial charge in [0.15, 0.2) is 0 Å². The van der Waals surface area contributed by atoms with E-state index in [1.807, 2.05) is 30.3 Å². The molecule has 8 heteroatoms. The van der Waals surface area contributed by atoms with Crippen LogP contribution in [-0.2, 0) is 26.3 Å². The summed E-state index contributed by atoms with van der Waals surface area (Å²) in [7, 11) is 0. The van der Waals surface area contributed by atoms with Crippen molar-refractivity contribution in [2.24, 2.45) is 11.8 Å². The van der Waals surface area contributed by atoms with Crippen molar-refractivity contribution in [1.82, 2.24) is 10.2 Å². The molecule has 5 unspecified atom stereocenters. The molecule has 0 bridgehead atoms. The number of likely N-dealkylation sites (tertiary alicyclic amines) is 1. The summed E-state index contributed by atoms with van der Waals surface area (Å²) in [6.45, 7) is 3.59. The van der Waals surface area contributed by atoms with Crippen LogP contribution < -0.4 is 10.6 Å². The Labute approximate surface area is 190 Å². The van der Waals surface area contributed by atoms with Gasteiger partial charge in [0.05, 0.1) is 23.6 Å². The van der Waals surface area contributed by atoms with Gasteiger partial charge < -0.3 is 10.4 Å². The Morgan fingerprint density at radius 2 is 1.84 bits per heavy atom. The number of fused-ring (bicyclic) bond motifs is 4. The molecule has 3 aliphatic rings. The number of carbonyl (C=O) groups excluding carboxylic acids is 3. The van der Waals surface area contributed by atoms with Crippen LogP contribution >= 0.6 is 11.6 Å². The third-order valence-electron chi connectivity index (χ3n) is 7.10. The van der Waals surface area contributed by atoms with E-state index in [0.717, 1.165) is 5.56 Å². The van der Waals surface area contributed by atoms with Gasteiger partial charge >= 0.3 is 0 Å². The summed E-state index contributed by atoms with van der Waals surface area (Å²) in [6.07, 6.45) is -0.410. The van der Waals surface area contributed by atoms with Crippen LogP contribution in [0.15, 0.2) is 42.5 Å². The topological polar surface area (TPSA) is 98.7 Å². The number of hydrogen-bond donors (Lipinski definition) is 3. The van der Waals surface area contributed by atoms with Crippen molar-refractivity contribution in [2.75, 3.05) is 11.9 Å². The second-order valence-corrected chi connectivity index (χ2v) is 9.24. The van der Waals surface area contributed by atoms with E-state index in [4.69, 9.17) is 11.6 Å². The maximum atomic E-state index is 13.6. The molecule has 0 saturated carbocycles. The zero-order chi connectivity index (χ0) is 22.8. The fourth-order valence-corrected chi connectivity index (χ4v) is 5.66. The largest absolute Gasteiger partial charge is 0.392 e. The second-order valence-electron chi connectivity index (χ2n) is 8.83. The van der Waals surface area contributed by atoms with Gasteiger partial charge in [0.25, 0.3) is 0 Å². The van der Waals surface area contributed by atoms with Gasteiger partial charge in [-0.15, -0.1) is 0 Å². The van der Waals surface area contributed by atoms with E-state index in [9.17, 15) is 19.5 Å². The lowest BCUT2D eigenvalue weighted by Gasteiger charge is -2.30. The maximum Gasteiger partial charge on any atom is 0.250 e. The second kappa shape index (κ2) is 7.40. The molecule has 7 nitrogen and oxygen atoms in total. The van der Waals surface area contributed by atoms with Crippen LogP contribution in [0.4, 0.5) is 5.69 Å². The number of aliphatic hydroxyl groups excluding tert-OH is 1. The summed E-state index contributed by atoms with van der Waals surface area (Å²) in [6, 6.07) is 12.3. The molecule has 5 atom stereocenters. The normalized spacial score (nSPS) is 29.4. The molecule has 3 N–H and O–H groups in total. The SMILES string of the molecule is Cc1c(Cl)ccc2c1NC(=O)C21NC(C(C)O)C2C(=O)N(CCc3ccccc3)C(=O)C21. The number of aliphatic hydroxyl groups is 1. The van der Waals surface area contributed by atoms with Crippen LogP contribution in [0.3, 0.4) is 0 Å². The summed E-state index contributed by atoms with van der Waals surface area (Å²) in [5, 5.41) is 17.0. The first-order chi connectivity index (χ1) is 15.3. The first-order valence-electron chi connectivity index (χ1n) is 10.7.